The van der Waals surface area contributed by atoms with Crippen LogP contribution in [0.1, 0.15) is 190 Å². The predicted molar refractivity (Wildman–Crippen MR) is 423 cm³/mol. The first kappa shape index (κ1) is 92.2. The quantitative estimate of drug-likeness (QED) is 0.0186. The summed E-state index contributed by atoms with van der Waals surface area (Å²) in [7, 11) is 1.45. The van der Waals surface area contributed by atoms with E-state index >= 15 is 0 Å². The number of nitrogens with one attached hydrogen (secondary N) is 4. The van der Waals surface area contributed by atoms with Gasteiger partial charge in [0.2, 0.25) is 11.8 Å². The molecule has 3 aromatic heterocycles. The number of aromatic amines is 3. The fourth-order valence-electron chi connectivity index (χ4n) is 12.5. The van der Waals surface area contributed by atoms with Gasteiger partial charge in [-0.05, 0) is 115 Å². The van der Waals surface area contributed by atoms with Crippen LogP contribution in [0.15, 0.2) is 124 Å². The van der Waals surface area contributed by atoms with Crippen LogP contribution in [-0.4, -0.2) is 139 Å². The van der Waals surface area contributed by atoms with Crippen LogP contribution in [0.5, 0.6) is 11.5 Å². The predicted octanol–water partition coefficient (Wildman–Crippen LogP) is 7.42. The van der Waals surface area contributed by atoms with Gasteiger partial charge in [0, 0.05) is 85.5 Å². The molecule has 0 aliphatic carbocycles. The Kier molecular flexibility index (Phi) is 33.5. The molecule has 112 heavy (non-hydrogen) atoms. The molecule has 0 spiro atoms. The number of fused-ring (bicyclic) bond motifs is 5. The van der Waals surface area contributed by atoms with E-state index in [1.54, 1.807) is 64.1 Å². The van der Waals surface area contributed by atoms with Crippen molar-refractivity contribution in [1.82, 2.24) is 40.1 Å². The summed E-state index contributed by atoms with van der Waals surface area (Å²) in [4.78, 5) is 153. The second-order valence-electron chi connectivity index (χ2n) is 30.2. The van der Waals surface area contributed by atoms with E-state index in [4.69, 9.17) is 36.5 Å². The summed E-state index contributed by atoms with van der Waals surface area (Å²) in [6.45, 7) is 28.0. The van der Waals surface area contributed by atoms with Crippen molar-refractivity contribution in [1.29, 1.82) is 5.26 Å². The molecule has 2 amide bonds. The van der Waals surface area contributed by atoms with Crippen molar-refractivity contribution in [2.45, 2.75) is 164 Å². The fourth-order valence-corrected chi connectivity index (χ4v) is 12.5. The van der Waals surface area contributed by atoms with Crippen LogP contribution in [0, 0.1) is 43.9 Å². The Morgan fingerprint density at radius 1 is 0.616 bits per heavy atom. The summed E-state index contributed by atoms with van der Waals surface area (Å²) in [6.07, 6.45) is -0.756. The maximum absolute atomic E-state index is 14.7. The van der Waals surface area contributed by atoms with E-state index in [9.17, 15) is 53.2 Å². The molecule has 4 bridgehead atoms. The first-order valence-corrected chi connectivity index (χ1v) is 36.6. The number of carboxylic acid groups (broad SMARTS) is 1. The number of nitrogens with two attached hydrogens (primary N) is 3. The Balaban J connectivity index is 0.000000393. The minimum atomic E-state index is -1.30. The Morgan fingerprint density at radius 3 is 1.45 bits per heavy atom. The number of esters is 1. The Hall–Kier alpha value is -10.4. The second kappa shape index (κ2) is 40.7. The minimum Gasteiger partial charge on any atom is -0.870 e. The van der Waals surface area contributed by atoms with Gasteiger partial charge >= 0.3 is 41.5 Å². The number of amides is 2. The van der Waals surface area contributed by atoms with E-state index in [2.05, 4.69) is 97.5 Å². The molecule has 8 aromatic rings. The number of aromatic nitrogens is 6. The van der Waals surface area contributed by atoms with Gasteiger partial charge in [0.1, 0.15) is 64.9 Å². The van der Waals surface area contributed by atoms with Crippen LogP contribution >= 0.6 is 0 Å². The summed E-state index contributed by atoms with van der Waals surface area (Å²) < 4.78 is 17.1. The standard InChI is InChI=1S/C50H62N8O8.C18H22N2O3.C16H18N2O3.Na.H2O/c1-29-24-41(61)45(58(6)49(64)34(17-19-52)28-40(60)44-30(2)55-46(57-48(44)63)32-10-13-35(14-11-32)50(3,4)5)33-12-16-43(66-23-21-54)37(27-33)36-25-31(9-15-42(36)65-22-20-53)26-38(56-47(29)62)39(59)8-7-18-51;1-6-23-17(22)14-11(2)19-15(20-16(14)21)12-7-9-13(10-8-12)18(3,4)5;1-9-12(15(20)21)14(19)18-13(17-9)10-5-7-11(8-6-10)16(2,3)4;;/h9-16,25,27,29,34,38,45H,7-8,17,19-24,26,28,52-54H2,1-6H3,(H,56,62)(H,55,57,63);7-10H,6H2,1-5H3,(H,19,20,21);5-8H,1-4H3,(H,20,21)(H,17,18,19);;1H2/q;;;+1;/p-1/t29-,34-,38+,45+;;;;/m1..../s1. The van der Waals surface area contributed by atoms with Crippen LogP contribution in [-0.2, 0) is 46.6 Å². The average Bonchev–Trinajstić information content (AvgIpc) is 0.786. The topological polar surface area (TPSA) is 452 Å². The van der Waals surface area contributed by atoms with Crippen LogP contribution in [0.4, 0.5) is 0 Å². The first-order valence-electron chi connectivity index (χ1n) is 36.6. The Morgan fingerprint density at radius 2 is 1.04 bits per heavy atom. The molecule has 0 unspecified atom stereocenters. The third-order valence-electron chi connectivity index (χ3n) is 18.7. The summed E-state index contributed by atoms with van der Waals surface area (Å²) >= 11 is 0. The zero-order chi connectivity index (χ0) is 81.3. The minimum absolute atomic E-state index is 0. The van der Waals surface area contributed by atoms with Crippen molar-refractivity contribution in [3.05, 3.63) is 202 Å². The maximum Gasteiger partial charge on any atom is 1.00 e. The first-order chi connectivity index (χ1) is 51.8. The number of H-pyrrole nitrogens is 3. The van der Waals surface area contributed by atoms with Crippen LogP contribution in [0.3, 0.4) is 0 Å². The van der Waals surface area contributed by atoms with Crippen LogP contribution in [0.25, 0.3) is 45.3 Å². The summed E-state index contributed by atoms with van der Waals surface area (Å²) in [6, 6.07) is 33.2. The van der Waals surface area contributed by atoms with Crippen molar-refractivity contribution < 1.29 is 87.9 Å². The molecule has 12 N–H and O–H groups in total. The van der Waals surface area contributed by atoms with Gasteiger partial charge < -0.3 is 67.2 Å². The molecular formula is C84H103N12NaO15. The summed E-state index contributed by atoms with van der Waals surface area (Å²) in [5, 5.41) is 21.0. The molecule has 0 saturated heterocycles. The zero-order valence-corrected chi connectivity index (χ0v) is 68.9. The van der Waals surface area contributed by atoms with Crippen molar-refractivity contribution in [3.63, 3.8) is 0 Å². The molecule has 1 aliphatic heterocycles. The number of carbonyl (C=O) groups is 7. The number of ketones is 3. The second-order valence-corrected chi connectivity index (χ2v) is 30.2. The summed E-state index contributed by atoms with van der Waals surface area (Å²) in [5.74, 6) is -4.63. The number of carbonyl (C=O) groups excluding carboxylic acids is 6. The SMILES string of the molecule is CCOC(=O)c1c(C)nc(-c2ccc(C(C)(C)C)cc2)[nH]c1=O.Cc1nc(-c2ccc(C(C)(C)C)cc2)[nH]c(=O)c1C(=O)C[C@@H](CCN)C(=O)N(C)[C@@H]1C(=O)C[C@@H](C)C(=O)N[C@H](C(=O)CCC#N)Cc2ccc(OCCN)c(c2)-c2cc1ccc2OCCN.Cc1nc(-c2ccc(C(C)(C)C)cc2)[nH]c(=O)c1C(=O)O.[Na+].[OH-]. The molecular weight excluding hydrogens is 1440 g/mol. The Labute approximate surface area is 674 Å². The van der Waals surface area contributed by atoms with Crippen LogP contribution < -0.4 is 78.2 Å². The number of aryl methyl sites for hydroxylation is 3. The van der Waals surface area contributed by atoms with E-state index in [0.717, 1.165) is 16.7 Å². The van der Waals surface area contributed by atoms with E-state index < -0.39 is 82.3 Å². The number of ether oxygens (including phenoxy) is 3. The molecule has 4 atom stereocenters. The molecule has 1 aliphatic rings. The fraction of sp³-hybridized carbons (Fsp3) is 0.405. The van der Waals surface area contributed by atoms with Gasteiger partial charge in [0.25, 0.3) is 16.7 Å². The van der Waals surface area contributed by atoms with Gasteiger partial charge in [-0.2, -0.15) is 5.26 Å². The van der Waals surface area contributed by atoms with Gasteiger partial charge in [0.15, 0.2) is 17.3 Å². The summed E-state index contributed by atoms with van der Waals surface area (Å²) in [5.41, 5.74) is 23.9. The average molecular weight is 1540 g/mol. The van der Waals surface area contributed by atoms with E-state index in [-0.39, 0.29) is 157 Å². The maximum atomic E-state index is 14.7. The van der Waals surface area contributed by atoms with Gasteiger partial charge in [-0.1, -0.05) is 154 Å². The van der Waals surface area contributed by atoms with Crippen molar-refractivity contribution in [3.8, 4) is 62.9 Å². The van der Waals surface area contributed by atoms with Crippen molar-refractivity contribution in [2.75, 3.05) is 46.5 Å². The monoisotopic (exact) mass is 1540 g/mol. The number of rotatable bonds is 22. The molecule has 0 fully saturated rings. The largest absolute Gasteiger partial charge is 1.00 e. The number of benzene rings is 5. The number of hydrogen-bond acceptors (Lipinski definition) is 21. The van der Waals surface area contributed by atoms with Crippen molar-refractivity contribution >= 4 is 41.1 Å². The smallest absolute Gasteiger partial charge is 0.870 e. The molecule has 9 rings (SSSR count). The Bertz CT molecular complexity index is 4910. The number of carboxylic acids is 1. The van der Waals surface area contributed by atoms with E-state index in [1.165, 1.54) is 30.0 Å². The van der Waals surface area contributed by atoms with E-state index in [1.807, 2.05) is 78.9 Å². The zero-order valence-electron chi connectivity index (χ0n) is 66.9. The number of nitriles is 1. The van der Waals surface area contributed by atoms with Gasteiger partial charge in [-0.15, -0.1) is 0 Å². The number of hydrogen-bond donors (Lipinski definition) is 8. The number of likely N-dealkylation sites (N-methyl/N-ethyl adjacent to an activating group) is 1. The third-order valence-corrected chi connectivity index (χ3v) is 18.7. The molecule has 27 nitrogen and oxygen atoms in total. The molecule has 590 valence electrons. The molecule has 0 saturated carbocycles. The van der Waals surface area contributed by atoms with E-state index in [0.29, 0.717) is 62.5 Å². The molecule has 4 heterocycles. The number of nitrogens with zero attached hydrogens (tertiary/aromatic N) is 5. The number of aromatic carboxylic acids is 1. The third kappa shape index (κ3) is 23.8. The van der Waals surface area contributed by atoms with Gasteiger partial charge in [-0.25, -0.2) is 24.5 Å². The van der Waals surface area contributed by atoms with Gasteiger partial charge in [0.05, 0.1) is 35.8 Å². The molecule has 28 heteroatoms. The number of Topliss-reactive ketones (excluding diaryl/α,β-unsaturated/α-hetero) is 3. The molecule has 5 aromatic carbocycles. The van der Waals surface area contributed by atoms with Gasteiger partial charge in [-0.3, -0.25) is 38.4 Å². The molecule has 0 radical (unpaired) electrons. The van der Waals surface area contributed by atoms with Crippen LogP contribution in [0.2, 0.25) is 0 Å². The normalized spacial score (nSPS) is 14.4. The van der Waals surface area contributed by atoms with Crippen molar-refractivity contribution in [2.24, 2.45) is 29.0 Å².